The molecule has 1 aromatic carbocycles. The fourth-order valence-corrected chi connectivity index (χ4v) is 1.84. The lowest BCUT2D eigenvalue weighted by molar-refractivity contribution is -0.148. The number of carbonyl (C=O) groups excluding carboxylic acids is 1. The van der Waals surface area contributed by atoms with E-state index in [0.717, 1.165) is 5.56 Å². The molecule has 0 saturated heterocycles. The highest BCUT2D eigenvalue weighted by molar-refractivity contribution is 5.87. The van der Waals surface area contributed by atoms with Gasteiger partial charge >= 0.3 is 5.97 Å². The molecule has 110 valence electrons. The van der Waals surface area contributed by atoms with Gasteiger partial charge in [0.2, 0.25) is 0 Å². The van der Waals surface area contributed by atoms with Crippen molar-refractivity contribution in [3.63, 3.8) is 0 Å². The molecule has 0 radical (unpaired) electrons. The predicted molar refractivity (Wildman–Crippen MR) is 84.8 cm³/mol. The molecule has 0 bridgehead atoms. The largest absolute Gasteiger partial charge is 0.457 e. The van der Waals surface area contributed by atoms with Gasteiger partial charge in [0, 0.05) is 6.08 Å². The molecule has 2 heteroatoms. The summed E-state index contributed by atoms with van der Waals surface area (Å²) in [6.45, 7) is 14.2. The average molecular weight is 274 g/mol. The Hall–Kier alpha value is -1.57. The first-order valence-electron chi connectivity index (χ1n) is 7.01. The molecule has 0 aliphatic rings. The third-order valence-corrected chi connectivity index (χ3v) is 2.78. The summed E-state index contributed by atoms with van der Waals surface area (Å²) in [5.41, 5.74) is 3.13. The number of carbonyl (C=O) groups is 1. The molecule has 2 nitrogen and oxygen atoms in total. The minimum Gasteiger partial charge on any atom is -0.457 e. The van der Waals surface area contributed by atoms with Crippen molar-refractivity contribution in [3.05, 3.63) is 41.0 Å². The van der Waals surface area contributed by atoms with Crippen molar-refractivity contribution < 1.29 is 9.53 Å². The van der Waals surface area contributed by atoms with Gasteiger partial charge in [0.15, 0.2) is 0 Å². The summed E-state index contributed by atoms with van der Waals surface area (Å²) < 4.78 is 5.26. The Morgan fingerprint density at radius 3 is 2.15 bits per heavy atom. The molecule has 0 saturated carbocycles. The Labute approximate surface area is 122 Å². The zero-order chi connectivity index (χ0) is 15.6. The fraction of sp³-hybridized carbons (Fsp3) is 0.500. The maximum atomic E-state index is 11.7. The van der Waals surface area contributed by atoms with Gasteiger partial charge in [-0.25, -0.2) is 4.79 Å². The van der Waals surface area contributed by atoms with E-state index in [1.165, 1.54) is 17.2 Å². The van der Waals surface area contributed by atoms with E-state index in [9.17, 15) is 4.79 Å². The van der Waals surface area contributed by atoms with Crippen molar-refractivity contribution >= 4 is 12.0 Å². The zero-order valence-electron chi connectivity index (χ0n) is 13.7. The highest BCUT2D eigenvalue weighted by Gasteiger charge is 2.15. The first-order valence-corrected chi connectivity index (χ1v) is 7.01. The summed E-state index contributed by atoms with van der Waals surface area (Å²) in [6, 6.07) is 6.37. The van der Waals surface area contributed by atoms with Crippen LogP contribution in [0.4, 0.5) is 0 Å². The average Bonchev–Trinajstić information content (AvgIpc) is 2.22. The van der Waals surface area contributed by atoms with E-state index < -0.39 is 5.60 Å². The highest BCUT2D eigenvalue weighted by Crippen LogP contribution is 2.25. The summed E-state index contributed by atoms with van der Waals surface area (Å²) in [7, 11) is 0. The van der Waals surface area contributed by atoms with Crippen molar-refractivity contribution in [2.24, 2.45) is 0 Å². The van der Waals surface area contributed by atoms with E-state index in [0.29, 0.717) is 0 Å². The molecular weight excluding hydrogens is 248 g/mol. The van der Waals surface area contributed by atoms with Crippen molar-refractivity contribution in [1.82, 2.24) is 0 Å². The molecule has 0 aromatic heterocycles. The van der Waals surface area contributed by atoms with Gasteiger partial charge in [-0.15, -0.1) is 0 Å². The van der Waals surface area contributed by atoms with Gasteiger partial charge in [0.1, 0.15) is 5.60 Å². The first-order chi connectivity index (χ1) is 8.97. The van der Waals surface area contributed by atoms with Crippen LogP contribution < -0.4 is 0 Å². The van der Waals surface area contributed by atoms with Crippen molar-refractivity contribution in [2.45, 2.75) is 59.5 Å². The van der Waals surface area contributed by atoms with Gasteiger partial charge in [-0.1, -0.05) is 44.5 Å². The van der Waals surface area contributed by atoms with E-state index >= 15 is 0 Å². The van der Waals surface area contributed by atoms with Crippen LogP contribution in [0.25, 0.3) is 6.08 Å². The Morgan fingerprint density at radius 2 is 1.65 bits per heavy atom. The van der Waals surface area contributed by atoms with E-state index in [-0.39, 0.29) is 11.4 Å². The molecular formula is C18H26O2. The summed E-state index contributed by atoms with van der Waals surface area (Å²) in [4.78, 5) is 11.7. The summed E-state index contributed by atoms with van der Waals surface area (Å²) in [5, 5.41) is 0. The molecule has 20 heavy (non-hydrogen) atoms. The highest BCUT2D eigenvalue weighted by atomic mass is 16.6. The fourth-order valence-electron chi connectivity index (χ4n) is 1.84. The van der Waals surface area contributed by atoms with Crippen LogP contribution in [-0.2, 0) is 14.9 Å². The molecule has 0 spiro atoms. The molecule has 1 rings (SSSR count). The molecule has 0 amide bonds. The van der Waals surface area contributed by atoms with Crippen molar-refractivity contribution in [3.8, 4) is 0 Å². The van der Waals surface area contributed by atoms with Gasteiger partial charge in [-0.3, -0.25) is 0 Å². The lowest BCUT2D eigenvalue weighted by Gasteiger charge is -2.20. The van der Waals surface area contributed by atoms with Crippen LogP contribution >= 0.6 is 0 Å². The maximum absolute atomic E-state index is 11.7. The summed E-state index contributed by atoms with van der Waals surface area (Å²) in [6.07, 6.45) is 3.31. The summed E-state index contributed by atoms with van der Waals surface area (Å²) >= 11 is 0. The first kappa shape index (κ1) is 16.5. The molecule has 0 unspecified atom stereocenters. The van der Waals surface area contributed by atoms with Crippen LogP contribution in [0.15, 0.2) is 24.3 Å². The summed E-state index contributed by atoms with van der Waals surface area (Å²) in [5.74, 6) is -0.309. The van der Waals surface area contributed by atoms with Crippen LogP contribution in [0.3, 0.4) is 0 Å². The SMILES string of the molecule is Cc1cc(/C=C/C(=O)OC(C)(C)C)cc(C(C)(C)C)c1. The van der Waals surface area contributed by atoms with Crippen molar-refractivity contribution in [2.75, 3.05) is 0 Å². The van der Waals surface area contributed by atoms with Crippen LogP contribution in [-0.4, -0.2) is 11.6 Å². The predicted octanol–water partition coefficient (Wildman–Crippen LogP) is 4.65. The van der Waals surface area contributed by atoms with Gasteiger partial charge < -0.3 is 4.74 Å². The Balaban J connectivity index is 2.93. The topological polar surface area (TPSA) is 26.3 Å². The van der Waals surface area contributed by atoms with E-state index in [2.05, 4.69) is 45.9 Å². The molecule has 0 aliphatic carbocycles. The quantitative estimate of drug-likeness (QED) is 0.579. The third-order valence-electron chi connectivity index (χ3n) is 2.78. The van der Waals surface area contributed by atoms with Crippen LogP contribution in [0, 0.1) is 6.92 Å². The molecule has 0 heterocycles. The smallest absolute Gasteiger partial charge is 0.331 e. The van der Waals surface area contributed by atoms with Crippen molar-refractivity contribution in [1.29, 1.82) is 0 Å². The number of rotatable bonds is 2. The van der Waals surface area contributed by atoms with Crippen LogP contribution in [0.2, 0.25) is 0 Å². The Kier molecular flexibility index (Phi) is 4.80. The Bertz CT molecular complexity index is 511. The van der Waals surface area contributed by atoms with E-state index in [1.54, 1.807) is 0 Å². The standard InChI is InChI=1S/C18H26O2/c1-13-10-14(12-15(11-13)17(2,3)4)8-9-16(19)20-18(5,6)7/h8-12H,1-7H3/b9-8+. The van der Waals surface area contributed by atoms with Crippen LogP contribution in [0.1, 0.15) is 58.2 Å². The number of benzene rings is 1. The van der Waals surface area contributed by atoms with E-state index in [4.69, 9.17) is 4.74 Å². The number of ether oxygens (including phenoxy) is 1. The van der Waals surface area contributed by atoms with Gasteiger partial charge in [-0.2, -0.15) is 0 Å². The van der Waals surface area contributed by atoms with Gasteiger partial charge in [0.05, 0.1) is 0 Å². The minimum absolute atomic E-state index is 0.0977. The number of esters is 1. The third kappa shape index (κ3) is 5.60. The lowest BCUT2D eigenvalue weighted by Crippen LogP contribution is -2.22. The monoisotopic (exact) mass is 274 g/mol. The molecule has 0 N–H and O–H groups in total. The molecule has 1 aromatic rings. The zero-order valence-corrected chi connectivity index (χ0v) is 13.7. The van der Waals surface area contributed by atoms with Crippen LogP contribution in [0.5, 0.6) is 0 Å². The maximum Gasteiger partial charge on any atom is 0.331 e. The second kappa shape index (κ2) is 5.82. The molecule has 0 atom stereocenters. The Morgan fingerprint density at radius 1 is 1.05 bits per heavy atom. The second-order valence-electron chi connectivity index (χ2n) is 7.25. The number of aryl methyl sites for hydroxylation is 1. The molecule has 0 fully saturated rings. The normalized spacial score (nSPS) is 12.8. The second-order valence-corrected chi connectivity index (χ2v) is 7.25. The molecule has 0 aliphatic heterocycles. The minimum atomic E-state index is -0.454. The van der Waals surface area contributed by atoms with Gasteiger partial charge in [0.25, 0.3) is 0 Å². The number of hydrogen-bond acceptors (Lipinski definition) is 2. The number of hydrogen-bond donors (Lipinski definition) is 0. The lowest BCUT2D eigenvalue weighted by atomic mass is 9.85. The van der Waals surface area contributed by atoms with Gasteiger partial charge in [-0.05, 0) is 50.3 Å². The van der Waals surface area contributed by atoms with E-state index in [1.807, 2.05) is 26.8 Å².